The highest BCUT2D eigenvalue weighted by Crippen LogP contribution is 2.30. The lowest BCUT2D eigenvalue weighted by Crippen LogP contribution is -2.16. The molecule has 1 fully saturated rings. The highest BCUT2D eigenvalue weighted by Gasteiger charge is 2.27. The third kappa shape index (κ3) is 1.50. The Bertz CT molecular complexity index is 348. The first-order chi connectivity index (χ1) is 6.68. The van der Waals surface area contributed by atoms with Gasteiger partial charge >= 0.3 is 5.97 Å². The average Bonchev–Trinajstić information content (AvgIpc) is 2.71. The van der Waals surface area contributed by atoms with Crippen LogP contribution in [0.5, 0.6) is 0 Å². The van der Waals surface area contributed by atoms with Gasteiger partial charge in [0, 0.05) is 6.07 Å². The minimum absolute atomic E-state index is 0.0136. The third-order valence-corrected chi connectivity index (χ3v) is 2.60. The van der Waals surface area contributed by atoms with Crippen molar-refractivity contribution in [3.63, 3.8) is 0 Å². The number of hydrogen-bond donors (Lipinski definition) is 1. The Labute approximate surface area is 81.3 Å². The molecule has 0 aliphatic carbocycles. The van der Waals surface area contributed by atoms with Crippen LogP contribution in [0, 0.1) is 0 Å². The van der Waals surface area contributed by atoms with Crippen molar-refractivity contribution in [2.24, 2.45) is 0 Å². The lowest BCUT2D eigenvalue weighted by Gasteiger charge is -2.15. The van der Waals surface area contributed by atoms with Gasteiger partial charge in [0.2, 0.25) is 0 Å². The summed E-state index contributed by atoms with van der Waals surface area (Å²) in [7, 11) is 2.00. The molecule has 0 radical (unpaired) electrons. The molecule has 0 saturated carbocycles. The van der Waals surface area contributed by atoms with Crippen LogP contribution in [0.15, 0.2) is 10.6 Å². The molecule has 1 saturated heterocycles. The Morgan fingerprint density at radius 1 is 1.79 bits per heavy atom. The predicted octanol–water partition coefficient (Wildman–Crippen LogP) is 1.14. The second-order valence-electron chi connectivity index (χ2n) is 3.56. The highest BCUT2D eigenvalue weighted by molar-refractivity contribution is 5.85. The molecule has 1 aromatic heterocycles. The maximum Gasteiger partial charge on any atom is 0.358 e. The smallest absolute Gasteiger partial charge is 0.358 e. The van der Waals surface area contributed by atoms with Crippen LogP contribution < -0.4 is 0 Å². The second-order valence-corrected chi connectivity index (χ2v) is 3.56. The number of likely N-dealkylation sites (tertiary alicyclic amines) is 1. The number of aromatic nitrogens is 1. The number of rotatable bonds is 2. The lowest BCUT2D eigenvalue weighted by atomic mass is 10.1. The van der Waals surface area contributed by atoms with Crippen molar-refractivity contribution in [1.29, 1.82) is 0 Å². The summed E-state index contributed by atoms with van der Waals surface area (Å²) < 4.78 is 5.01. The molecule has 0 spiro atoms. The largest absolute Gasteiger partial charge is 0.476 e. The third-order valence-electron chi connectivity index (χ3n) is 2.60. The van der Waals surface area contributed by atoms with Gasteiger partial charge in [-0.15, -0.1) is 0 Å². The van der Waals surface area contributed by atoms with Crippen molar-refractivity contribution in [1.82, 2.24) is 10.1 Å². The molecule has 76 valence electrons. The van der Waals surface area contributed by atoms with Crippen LogP contribution in [0.4, 0.5) is 0 Å². The molecule has 5 nitrogen and oxygen atoms in total. The Hall–Kier alpha value is -1.36. The van der Waals surface area contributed by atoms with Gasteiger partial charge in [0.05, 0.1) is 6.04 Å². The average molecular weight is 196 g/mol. The number of hydrogen-bond acceptors (Lipinski definition) is 4. The van der Waals surface area contributed by atoms with E-state index in [1.54, 1.807) is 0 Å². The van der Waals surface area contributed by atoms with Crippen LogP contribution in [0.1, 0.15) is 35.1 Å². The zero-order valence-electron chi connectivity index (χ0n) is 7.93. The van der Waals surface area contributed by atoms with Gasteiger partial charge in [-0.2, -0.15) is 0 Å². The van der Waals surface area contributed by atoms with Crippen LogP contribution in [0.2, 0.25) is 0 Å². The van der Waals surface area contributed by atoms with Gasteiger partial charge in [-0.1, -0.05) is 5.16 Å². The summed E-state index contributed by atoms with van der Waals surface area (Å²) in [6, 6.07) is 1.70. The minimum atomic E-state index is -1.04. The molecule has 1 N–H and O–H groups in total. The van der Waals surface area contributed by atoms with Gasteiger partial charge in [0.1, 0.15) is 0 Å². The van der Waals surface area contributed by atoms with E-state index in [2.05, 4.69) is 10.1 Å². The summed E-state index contributed by atoms with van der Waals surface area (Å²) in [5.41, 5.74) is -0.0136. The van der Waals surface area contributed by atoms with E-state index in [1.165, 1.54) is 6.07 Å². The summed E-state index contributed by atoms with van der Waals surface area (Å²) in [5, 5.41) is 12.2. The van der Waals surface area contributed by atoms with Crippen molar-refractivity contribution < 1.29 is 14.4 Å². The predicted molar refractivity (Wildman–Crippen MR) is 48.1 cm³/mol. The van der Waals surface area contributed by atoms with Crippen LogP contribution in [0.3, 0.4) is 0 Å². The molecule has 0 bridgehead atoms. The van der Waals surface area contributed by atoms with E-state index in [0.717, 1.165) is 19.4 Å². The Morgan fingerprint density at radius 2 is 2.57 bits per heavy atom. The SMILES string of the molecule is CN1CCCC1c1cc(C(=O)O)no1. The summed E-state index contributed by atoms with van der Waals surface area (Å²) >= 11 is 0. The number of carboxylic acids is 1. The van der Waals surface area contributed by atoms with Crippen molar-refractivity contribution in [3.8, 4) is 0 Å². The molecular weight excluding hydrogens is 184 g/mol. The van der Waals surface area contributed by atoms with Gasteiger partial charge in [0.25, 0.3) is 0 Å². The van der Waals surface area contributed by atoms with Gasteiger partial charge in [-0.05, 0) is 26.4 Å². The van der Waals surface area contributed by atoms with Gasteiger partial charge in [-0.3, -0.25) is 4.90 Å². The summed E-state index contributed by atoms with van der Waals surface area (Å²) in [4.78, 5) is 12.7. The van der Waals surface area contributed by atoms with Gasteiger partial charge in [-0.25, -0.2) is 4.79 Å². The maximum atomic E-state index is 10.6. The van der Waals surface area contributed by atoms with E-state index in [4.69, 9.17) is 9.63 Å². The van der Waals surface area contributed by atoms with Crippen molar-refractivity contribution in [3.05, 3.63) is 17.5 Å². The minimum Gasteiger partial charge on any atom is -0.476 e. The zero-order chi connectivity index (χ0) is 10.1. The van der Waals surface area contributed by atoms with Crippen LogP contribution in [0.25, 0.3) is 0 Å². The molecule has 1 aliphatic heterocycles. The number of carboxylic acid groups (broad SMARTS) is 1. The monoisotopic (exact) mass is 196 g/mol. The van der Waals surface area contributed by atoms with E-state index < -0.39 is 5.97 Å². The number of nitrogens with zero attached hydrogens (tertiary/aromatic N) is 2. The normalized spacial score (nSPS) is 22.8. The van der Waals surface area contributed by atoms with E-state index in [9.17, 15) is 4.79 Å². The second kappa shape index (κ2) is 3.42. The fourth-order valence-electron chi connectivity index (χ4n) is 1.82. The molecule has 2 heterocycles. The highest BCUT2D eigenvalue weighted by atomic mass is 16.5. The maximum absolute atomic E-state index is 10.6. The first-order valence-corrected chi connectivity index (χ1v) is 4.58. The molecule has 0 amide bonds. The van der Waals surface area contributed by atoms with Crippen molar-refractivity contribution in [2.75, 3.05) is 13.6 Å². The zero-order valence-corrected chi connectivity index (χ0v) is 7.93. The van der Waals surface area contributed by atoms with Crippen LogP contribution in [-0.2, 0) is 0 Å². The molecule has 1 unspecified atom stereocenters. The van der Waals surface area contributed by atoms with Crippen LogP contribution in [-0.4, -0.2) is 34.7 Å². The van der Waals surface area contributed by atoms with Gasteiger partial charge < -0.3 is 9.63 Å². The molecule has 14 heavy (non-hydrogen) atoms. The van der Waals surface area contributed by atoms with Crippen LogP contribution >= 0.6 is 0 Å². The molecule has 1 atom stereocenters. The molecule has 2 rings (SSSR count). The first kappa shape index (κ1) is 9.21. The van der Waals surface area contributed by atoms with E-state index in [1.807, 2.05) is 7.05 Å². The lowest BCUT2D eigenvalue weighted by molar-refractivity contribution is 0.0685. The Kier molecular flexibility index (Phi) is 2.25. The molecule has 0 aromatic carbocycles. The fourth-order valence-corrected chi connectivity index (χ4v) is 1.82. The first-order valence-electron chi connectivity index (χ1n) is 4.58. The number of carbonyl (C=O) groups is 1. The molecule has 5 heteroatoms. The summed E-state index contributed by atoms with van der Waals surface area (Å²) in [6.07, 6.45) is 2.12. The van der Waals surface area contributed by atoms with Crippen molar-refractivity contribution in [2.45, 2.75) is 18.9 Å². The molecule has 1 aromatic rings. The topological polar surface area (TPSA) is 66.6 Å². The molecular formula is C9H12N2O3. The van der Waals surface area contributed by atoms with E-state index in [0.29, 0.717) is 5.76 Å². The standard InChI is InChI=1S/C9H12N2O3/c1-11-4-2-3-7(11)8-5-6(9(12)13)10-14-8/h5,7H,2-4H2,1H3,(H,12,13). The summed E-state index contributed by atoms with van der Waals surface area (Å²) in [6.45, 7) is 1.02. The number of aromatic carboxylic acids is 1. The van der Waals surface area contributed by atoms with E-state index in [-0.39, 0.29) is 11.7 Å². The van der Waals surface area contributed by atoms with Gasteiger partial charge in [0.15, 0.2) is 11.5 Å². The fraction of sp³-hybridized carbons (Fsp3) is 0.556. The Morgan fingerprint density at radius 3 is 3.07 bits per heavy atom. The summed E-state index contributed by atoms with van der Waals surface area (Å²) in [5.74, 6) is -0.386. The van der Waals surface area contributed by atoms with Crippen molar-refractivity contribution >= 4 is 5.97 Å². The Balaban J connectivity index is 2.20. The van der Waals surface area contributed by atoms with E-state index >= 15 is 0 Å². The quantitative estimate of drug-likeness (QED) is 0.768. The molecule has 1 aliphatic rings.